The second-order valence-electron chi connectivity index (χ2n) is 3.77. The van der Waals surface area contributed by atoms with Crippen molar-refractivity contribution in [3.63, 3.8) is 0 Å². The van der Waals surface area contributed by atoms with E-state index < -0.39 is 0 Å². The van der Waals surface area contributed by atoms with Crippen LogP contribution in [0.15, 0.2) is 31.4 Å². The highest BCUT2D eigenvalue weighted by Crippen LogP contribution is 2.22. The van der Waals surface area contributed by atoms with E-state index in [9.17, 15) is 0 Å². The third kappa shape index (κ3) is 3.59. The molecule has 3 heteroatoms. The van der Waals surface area contributed by atoms with Crippen molar-refractivity contribution in [3.05, 3.63) is 46.7 Å². The molecule has 0 bridgehead atoms. The Morgan fingerprint density at radius 2 is 2.00 bits per heavy atom. The average molecular weight is 236 g/mol. The van der Waals surface area contributed by atoms with Crippen molar-refractivity contribution in [3.8, 4) is 0 Å². The maximum Gasteiger partial charge on any atom is 0.0274 e. The van der Waals surface area contributed by atoms with E-state index in [-0.39, 0.29) is 0 Å². The molecular weight excluding hydrogens is 216 g/mol. The van der Waals surface area contributed by atoms with Gasteiger partial charge in [0.05, 0.1) is 0 Å². The average Bonchev–Trinajstić information content (AvgIpc) is 2.60. The van der Waals surface area contributed by atoms with Gasteiger partial charge in [-0.15, -0.1) is 24.5 Å². The summed E-state index contributed by atoms with van der Waals surface area (Å²) in [5.74, 6) is 0. The lowest BCUT2D eigenvalue weighted by molar-refractivity contribution is 0.327. The van der Waals surface area contributed by atoms with E-state index in [1.807, 2.05) is 12.2 Å². The molecule has 1 heterocycles. The van der Waals surface area contributed by atoms with Crippen LogP contribution in [0.2, 0.25) is 0 Å². The summed E-state index contributed by atoms with van der Waals surface area (Å²) in [6.07, 6.45) is 3.85. The van der Waals surface area contributed by atoms with Crippen LogP contribution in [0.5, 0.6) is 0 Å². The molecule has 0 saturated heterocycles. The lowest BCUT2D eigenvalue weighted by atomic mass is 10.2. The molecule has 0 saturated carbocycles. The smallest absolute Gasteiger partial charge is 0.0274 e. The Morgan fingerprint density at radius 3 is 2.44 bits per heavy atom. The Bertz CT molecular complexity index is 345. The highest BCUT2D eigenvalue weighted by atomic mass is 32.1. The van der Waals surface area contributed by atoms with Gasteiger partial charge in [-0.2, -0.15) is 0 Å². The third-order valence-electron chi connectivity index (χ3n) is 2.44. The molecule has 1 aromatic rings. The van der Waals surface area contributed by atoms with Gasteiger partial charge in [-0.25, -0.2) is 0 Å². The fourth-order valence-electron chi connectivity index (χ4n) is 1.65. The van der Waals surface area contributed by atoms with Crippen molar-refractivity contribution >= 4 is 11.3 Å². The van der Waals surface area contributed by atoms with Crippen molar-refractivity contribution in [2.45, 2.75) is 20.0 Å². The lowest BCUT2D eigenvalue weighted by Crippen LogP contribution is -2.23. The molecule has 0 aliphatic rings. The minimum Gasteiger partial charge on any atom is -0.326 e. The summed E-state index contributed by atoms with van der Waals surface area (Å²) in [6.45, 7) is 13.1. The highest BCUT2D eigenvalue weighted by Gasteiger charge is 2.08. The molecule has 2 N–H and O–H groups in total. The van der Waals surface area contributed by atoms with E-state index in [1.54, 1.807) is 11.3 Å². The zero-order valence-electron chi connectivity index (χ0n) is 9.91. The monoisotopic (exact) mass is 236 g/mol. The second kappa shape index (κ2) is 6.63. The number of aryl methyl sites for hydroxylation is 1. The van der Waals surface area contributed by atoms with Crippen LogP contribution in [0.3, 0.4) is 0 Å². The predicted molar refractivity (Wildman–Crippen MR) is 72.6 cm³/mol. The first-order valence-electron chi connectivity index (χ1n) is 5.43. The van der Waals surface area contributed by atoms with Crippen LogP contribution in [-0.2, 0) is 13.1 Å². The van der Waals surface area contributed by atoms with E-state index in [1.165, 1.54) is 15.3 Å². The molecule has 0 amide bonds. The number of hydrogen-bond donors (Lipinski definition) is 1. The summed E-state index contributed by atoms with van der Waals surface area (Å²) in [5.41, 5.74) is 7.01. The predicted octanol–water partition coefficient (Wildman–Crippen LogP) is 2.69. The number of hydrogen-bond acceptors (Lipinski definition) is 3. The van der Waals surface area contributed by atoms with Gasteiger partial charge in [-0.1, -0.05) is 12.2 Å². The van der Waals surface area contributed by atoms with E-state index >= 15 is 0 Å². The fraction of sp³-hybridized carbons (Fsp3) is 0.385. The number of nitrogens with zero attached hydrogens (tertiary/aromatic N) is 1. The van der Waals surface area contributed by atoms with Gasteiger partial charge in [-0.3, -0.25) is 4.90 Å². The van der Waals surface area contributed by atoms with Crippen molar-refractivity contribution in [2.24, 2.45) is 5.73 Å². The standard InChI is InChI=1S/C13H20N2S/c1-4-6-15(7-5-2)10-12-8-13(9-14)16-11(12)3/h4-5,8H,1-2,6-7,9-10,14H2,3H3. The summed E-state index contributed by atoms with van der Waals surface area (Å²) in [7, 11) is 0. The largest absolute Gasteiger partial charge is 0.326 e. The molecule has 0 aliphatic carbocycles. The first-order valence-corrected chi connectivity index (χ1v) is 6.25. The van der Waals surface area contributed by atoms with Crippen molar-refractivity contribution < 1.29 is 0 Å². The lowest BCUT2D eigenvalue weighted by Gasteiger charge is -2.18. The van der Waals surface area contributed by atoms with Gasteiger partial charge in [-0.05, 0) is 18.6 Å². The van der Waals surface area contributed by atoms with Crippen LogP contribution >= 0.6 is 11.3 Å². The van der Waals surface area contributed by atoms with Gasteiger partial charge in [0, 0.05) is 35.9 Å². The SMILES string of the molecule is C=CCN(CC=C)Cc1cc(CN)sc1C. The molecule has 88 valence electrons. The summed E-state index contributed by atoms with van der Waals surface area (Å²) < 4.78 is 0. The van der Waals surface area contributed by atoms with Gasteiger partial charge in [0.25, 0.3) is 0 Å². The number of nitrogens with two attached hydrogens (primary N) is 1. The molecule has 1 rings (SSSR count). The van der Waals surface area contributed by atoms with Gasteiger partial charge in [0.1, 0.15) is 0 Å². The first kappa shape index (κ1) is 13.2. The van der Waals surface area contributed by atoms with Crippen LogP contribution in [-0.4, -0.2) is 18.0 Å². The molecule has 2 nitrogen and oxygen atoms in total. The van der Waals surface area contributed by atoms with Gasteiger partial charge in [0.2, 0.25) is 0 Å². The first-order chi connectivity index (χ1) is 7.71. The van der Waals surface area contributed by atoms with E-state index in [2.05, 4.69) is 31.0 Å². The highest BCUT2D eigenvalue weighted by molar-refractivity contribution is 7.12. The number of thiophene rings is 1. The maximum atomic E-state index is 5.64. The molecule has 0 aliphatic heterocycles. The zero-order chi connectivity index (χ0) is 12.0. The minimum absolute atomic E-state index is 0.633. The molecule has 0 unspecified atom stereocenters. The third-order valence-corrected chi connectivity index (χ3v) is 3.56. The van der Waals surface area contributed by atoms with Crippen LogP contribution in [0.1, 0.15) is 15.3 Å². The van der Waals surface area contributed by atoms with Crippen LogP contribution in [0.4, 0.5) is 0 Å². The van der Waals surface area contributed by atoms with Crippen LogP contribution in [0, 0.1) is 6.92 Å². The molecule has 0 aromatic carbocycles. The van der Waals surface area contributed by atoms with E-state index in [4.69, 9.17) is 5.73 Å². The molecular formula is C13H20N2S. The van der Waals surface area contributed by atoms with Crippen molar-refractivity contribution in [1.82, 2.24) is 4.90 Å². The summed E-state index contributed by atoms with van der Waals surface area (Å²) in [5, 5.41) is 0. The van der Waals surface area contributed by atoms with E-state index in [0.29, 0.717) is 6.54 Å². The Morgan fingerprint density at radius 1 is 1.38 bits per heavy atom. The molecule has 1 aromatic heterocycles. The Balaban J connectivity index is 2.71. The van der Waals surface area contributed by atoms with Crippen LogP contribution < -0.4 is 5.73 Å². The second-order valence-corrected chi connectivity index (χ2v) is 5.11. The molecule has 0 radical (unpaired) electrons. The van der Waals surface area contributed by atoms with Gasteiger partial charge >= 0.3 is 0 Å². The van der Waals surface area contributed by atoms with E-state index in [0.717, 1.165) is 19.6 Å². The van der Waals surface area contributed by atoms with Gasteiger partial charge < -0.3 is 5.73 Å². The molecule has 0 atom stereocenters. The summed E-state index contributed by atoms with van der Waals surface area (Å²) in [6, 6.07) is 2.21. The normalized spacial score (nSPS) is 10.7. The maximum absolute atomic E-state index is 5.64. The summed E-state index contributed by atoms with van der Waals surface area (Å²) >= 11 is 1.79. The molecule has 0 spiro atoms. The van der Waals surface area contributed by atoms with Crippen molar-refractivity contribution in [1.29, 1.82) is 0 Å². The summed E-state index contributed by atoms with van der Waals surface area (Å²) in [4.78, 5) is 4.92. The topological polar surface area (TPSA) is 29.3 Å². The van der Waals surface area contributed by atoms with Crippen molar-refractivity contribution in [2.75, 3.05) is 13.1 Å². The van der Waals surface area contributed by atoms with Crippen LogP contribution in [0.25, 0.3) is 0 Å². The minimum atomic E-state index is 0.633. The number of rotatable bonds is 7. The Labute approximate surface area is 102 Å². The molecule has 0 fully saturated rings. The zero-order valence-corrected chi connectivity index (χ0v) is 10.7. The fourth-order valence-corrected chi connectivity index (χ4v) is 2.59. The molecule has 16 heavy (non-hydrogen) atoms. The Hall–Kier alpha value is -0.900. The Kier molecular flexibility index (Phi) is 5.46. The van der Waals surface area contributed by atoms with Gasteiger partial charge in [0.15, 0.2) is 0 Å². The quantitative estimate of drug-likeness (QED) is 0.738.